The minimum Gasteiger partial charge on any atom is -0.478 e. The Morgan fingerprint density at radius 2 is 1.27 bits per heavy atom. The van der Waals surface area contributed by atoms with Gasteiger partial charge in [-0.3, -0.25) is 5.26 Å². The standard InChI is InChI=1S/C18H32O4/c19-18(20)16-14-12-10-8-6-4-2-1-3-5-7-9-11-13-15-17-22-21/h10,12,14,16,21H,1-9,11,13,15,17H2,(H,19,20). The molecule has 0 amide bonds. The van der Waals surface area contributed by atoms with Gasteiger partial charge in [-0.2, -0.15) is 0 Å². The summed E-state index contributed by atoms with van der Waals surface area (Å²) in [4.78, 5) is 14.3. The monoisotopic (exact) mass is 312 g/mol. The molecule has 22 heavy (non-hydrogen) atoms. The van der Waals surface area contributed by atoms with Crippen molar-refractivity contribution in [3.05, 3.63) is 24.3 Å². The molecule has 0 aromatic heterocycles. The summed E-state index contributed by atoms with van der Waals surface area (Å²) in [6, 6.07) is 0. The first-order chi connectivity index (χ1) is 10.8. The normalized spacial score (nSPS) is 11.7. The van der Waals surface area contributed by atoms with Crippen LogP contribution in [0.2, 0.25) is 0 Å². The molecule has 128 valence electrons. The Labute approximate surface area is 134 Å². The van der Waals surface area contributed by atoms with Crippen molar-refractivity contribution in [3.8, 4) is 0 Å². The average Bonchev–Trinajstić information content (AvgIpc) is 2.50. The second kappa shape index (κ2) is 17.9. The predicted molar refractivity (Wildman–Crippen MR) is 89.9 cm³/mol. The molecule has 0 aliphatic carbocycles. The Morgan fingerprint density at radius 1 is 0.773 bits per heavy atom. The van der Waals surface area contributed by atoms with E-state index in [9.17, 15) is 4.79 Å². The van der Waals surface area contributed by atoms with Crippen molar-refractivity contribution in [1.82, 2.24) is 0 Å². The van der Waals surface area contributed by atoms with Gasteiger partial charge in [0.2, 0.25) is 0 Å². The van der Waals surface area contributed by atoms with E-state index in [0.717, 1.165) is 25.3 Å². The fourth-order valence-electron chi connectivity index (χ4n) is 2.33. The average molecular weight is 312 g/mol. The van der Waals surface area contributed by atoms with E-state index in [1.54, 1.807) is 12.2 Å². The summed E-state index contributed by atoms with van der Waals surface area (Å²) < 4.78 is 0. The lowest BCUT2D eigenvalue weighted by molar-refractivity contribution is -0.242. The first-order valence-electron chi connectivity index (χ1n) is 8.60. The zero-order chi connectivity index (χ0) is 16.3. The molecule has 2 N–H and O–H groups in total. The molecule has 0 saturated carbocycles. The quantitative estimate of drug-likeness (QED) is 0.132. The van der Waals surface area contributed by atoms with Gasteiger partial charge in [-0.25, -0.2) is 9.68 Å². The largest absolute Gasteiger partial charge is 0.478 e. The highest BCUT2D eigenvalue weighted by atomic mass is 17.1. The SMILES string of the molecule is O=C(O)C=CC=CCCCCCCCCCCCCCOO. The summed E-state index contributed by atoms with van der Waals surface area (Å²) >= 11 is 0. The van der Waals surface area contributed by atoms with Crippen LogP contribution in [0.5, 0.6) is 0 Å². The van der Waals surface area contributed by atoms with Gasteiger partial charge in [-0.15, -0.1) is 0 Å². The Morgan fingerprint density at radius 3 is 1.77 bits per heavy atom. The van der Waals surface area contributed by atoms with Crippen LogP contribution in [0.3, 0.4) is 0 Å². The lowest BCUT2D eigenvalue weighted by atomic mass is 10.1. The van der Waals surface area contributed by atoms with Gasteiger partial charge >= 0.3 is 5.97 Å². The Kier molecular flexibility index (Phi) is 17.0. The van der Waals surface area contributed by atoms with E-state index < -0.39 is 5.97 Å². The van der Waals surface area contributed by atoms with Crippen molar-refractivity contribution in [1.29, 1.82) is 0 Å². The molecule has 0 heterocycles. The number of unbranched alkanes of at least 4 members (excludes halogenated alkanes) is 11. The smallest absolute Gasteiger partial charge is 0.328 e. The van der Waals surface area contributed by atoms with Crippen LogP contribution in [-0.4, -0.2) is 22.9 Å². The molecule has 0 aliphatic rings. The molecular formula is C18H32O4. The second-order valence-electron chi connectivity index (χ2n) is 5.64. The third-order valence-corrected chi connectivity index (χ3v) is 3.59. The molecule has 0 aromatic rings. The van der Waals surface area contributed by atoms with E-state index in [-0.39, 0.29) is 0 Å². The molecule has 4 heteroatoms. The molecule has 0 aliphatic heterocycles. The van der Waals surface area contributed by atoms with Crippen LogP contribution < -0.4 is 0 Å². The summed E-state index contributed by atoms with van der Waals surface area (Å²) in [5.74, 6) is -0.899. The number of hydrogen-bond donors (Lipinski definition) is 2. The molecule has 0 spiro atoms. The maximum atomic E-state index is 10.2. The number of allylic oxidation sites excluding steroid dienone is 3. The van der Waals surface area contributed by atoms with Crippen LogP contribution in [0.1, 0.15) is 77.0 Å². The second-order valence-corrected chi connectivity index (χ2v) is 5.64. The maximum Gasteiger partial charge on any atom is 0.328 e. The van der Waals surface area contributed by atoms with Crippen LogP contribution in [0.4, 0.5) is 0 Å². The van der Waals surface area contributed by atoms with E-state index in [2.05, 4.69) is 4.89 Å². The number of carbonyl (C=O) groups is 1. The van der Waals surface area contributed by atoms with Gasteiger partial charge < -0.3 is 5.11 Å². The van der Waals surface area contributed by atoms with E-state index in [1.165, 1.54) is 57.8 Å². The van der Waals surface area contributed by atoms with Gasteiger partial charge in [0.25, 0.3) is 0 Å². The number of aliphatic carboxylic acids is 1. The molecule has 0 fully saturated rings. The Hall–Kier alpha value is -1.13. The number of hydrogen-bond acceptors (Lipinski definition) is 3. The third kappa shape index (κ3) is 18.9. The first-order valence-corrected chi connectivity index (χ1v) is 8.60. The molecule has 0 bridgehead atoms. The zero-order valence-electron chi connectivity index (χ0n) is 13.7. The fraction of sp³-hybridized carbons (Fsp3) is 0.722. The topological polar surface area (TPSA) is 66.8 Å². The van der Waals surface area contributed by atoms with Gasteiger partial charge in [0, 0.05) is 6.08 Å². The van der Waals surface area contributed by atoms with E-state index >= 15 is 0 Å². The minimum atomic E-state index is -0.899. The molecular weight excluding hydrogens is 280 g/mol. The van der Waals surface area contributed by atoms with Crippen LogP contribution in [0.25, 0.3) is 0 Å². The lowest BCUT2D eigenvalue weighted by Crippen LogP contribution is -1.88. The van der Waals surface area contributed by atoms with Crippen LogP contribution in [0.15, 0.2) is 24.3 Å². The maximum absolute atomic E-state index is 10.2. The third-order valence-electron chi connectivity index (χ3n) is 3.59. The van der Waals surface area contributed by atoms with E-state index in [1.807, 2.05) is 6.08 Å². The van der Waals surface area contributed by atoms with Crippen LogP contribution in [0, 0.1) is 0 Å². The Bertz CT molecular complexity index is 297. The summed E-state index contributed by atoms with van der Waals surface area (Å²) in [7, 11) is 0. The van der Waals surface area contributed by atoms with Gasteiger partial charge in [-0.1, -0.05) is 76.0 Å². The molecule has 0 atom stereocenters. The van der Waals surface area contributed by atoms with Gasteiger partial charge in [0.15, 0.2) is 0 Å². The molecule has 0 saturated heterocycles. The minimum absolute atomic E-state index is 0.463. The van der Waals surface area contributed by atoms with E-state index in [4.69, 9.17) is 10.4 Å². The highest BCUT2D eigenvalue weighted by Crippen LogP contribution is 2.12. The summed E-state index contributed by atoms with van der Waals surface area (Å²) in [6.45, 7) is 0.463. The van der Waals surface area contributed by atoms with Crippen molar-refractivity contribution in [3.63, 3.8) is 0 Å². The number of carboxylic acid groups (broad SMARTS) is 1. The highest BCUT2D eigenvalue weighted by Gasteiger charge is 1.93. The molecule has 0 rings (SSSR count). The first kappa shape index (κ1) is 20.9. The van der Waals surface area contributed by atoms with Gasteiger partial charge in [0.05, 0.1) is 6.61 Å². The van der Waals surface area contributed by atoms with Crippen molar-refractivity contribution < 1.29 is 20.0 Å². The summed E-state index contributed by atoms with van der Waals surface area (Å²) in [6.07, 6.45) is 21.3. The lowest BCUT2D eigenvalue weighted by Gasteiger charge is -2.02. The van der Waals surface area contributed by atoms with Crippen molar-refractivity contribution in [2.24, 2.45) is 0 Å². The van der Waals surface area contributed by atoms with E-state index in [0.29, 0.717) is 6.61 Å². The highest BCUT2D eigenvalue weighted by molar-refractivity contribution is 5.80. The summed E-state index contributed by atoms with van der Waals surface area (Å²) in [5.41, 5.74) is 0. The molecule has 4 nitrogen and oxygen atoms in total. The fourth-order valence-corrected chi connectivity index (χ4v) is 2.33. The predicted octanol–water partition coefficient (Wildman–Crippen LogP) is 5.35. The van der Waals surface area contributed by atoms with Crippen LogP contribution in [-0.2, 0) is 9.68 Å². The van der Waals surface area contributed by atoms with Crippen molar-refractivity contribution in [2.45, 2.75) is 77.0 Å². The van der Waals surface area contributed by atoms with Crippen molar-refractivity contribution in [2.75, 3.05) is 6.61 Å². The summed E-state index contributed by atoms with van der Waals surface area (Å²) in [5, 5.41) is 16.6. The van der Waals surface area contributed by atoms with Crippen molar-refractivity contribution >= 4 is 5.97 Å². The van der Waals surface area contributed by atoms with Gasteiger partial charge in [-0.05, 0) is 19.3 Å². The Balaban J connectivity index is 3.10. The number of rotatable bonds is 16. The molecule has 0 unspecified atom stereocenters. The number of carboxylic acids is 1. The van der Waals surface area contributed by atoms with Crippen LogP contribution >= 0.6 is 0 Å². The molecule has 0 aromatic carbocycles. The zero-order valence-corrected chi connectivity index (χ0v) is 13.7. The van der Waals surface area contributed by atoms with Gasteiger partial charge in [0.1, 0.15) is 0 Å². The molecule has 0 radical (unpaired) electrons.